The molecule has 0 bridgehead atoms. The van der Waals surface area contributed by atoms with E-state index in [9.17, 15) is 9.90 Å². The van der Waals surface area contributed by atoms with Gasteiger partial charge in [0.2, 0.25) is 5.91 Å². The van der Waals surface area contributed by atoms with Gasteiger partial charge in [-0.3, -0.25) is 4.79 Å². The van der Waals surface area contributed by atoms with Crippen molar-refractivity contribution in [1.29, 1.82) is 0 Å². The van der Waals surface area contributed by atoms with Crippen LogP contribution in [0.25, 0.3) is 0 Å². The average Bonchev–Trinajstić information content (AvgIpc) is 2.63. The Morgan fingerprint density at radius 2 is 1.96 bits per heavy atom. The number of rotatable bonds is 11. The lowest BCUT2D eigenvalue weighted by Gasteiger charge is -2.20. The second-order valence-corrected chi connectivity index (χ2v) is 7.19. The summed E-state index contributed by atoms with van der Waals surface area (Å²) in [4.78, 5) is 16.6. The number of aliphatic hydroxyl groups excluding tert-OH is 1. The lowest BCUT2D eigenvalue weighted by molar-refractivity contribution is -0.114. The molecular formula is C21H37IN4O2. The van der Waals surface area contributed by atoms with Crippen LogP contribution in [0.2, 0.25) is 0 Å². The summed E-state index contributed by atoms with van der Waals surface area (Å²) < 4.78 is 0. The number of aliphatic hydroxyl groups is 1. The Morgan fingerprint density at radius 3 is 2.57 bits per heavy atom. The number of hydrogen-bond donors (Lipinski definition) is 4. The van der Waals surface area contributed by atoms with Crippen molar-refractivity contribution in [3.8, 4) is 0 Å². The number of halogens is 1. The van der Waals surface area contributed by atoms with E-state index < -0.39 is 0 Å². The number of anilines is 1. The molecule has 0 radical (unpaired) electrons. The van der Waals surface area contributed by atoms with Crippen molar-refractivity contribution in [2.45, 2.75) is 47.0 Å². The number of hydrogen-bond acceptors (Lipinski definition) is 3. The Morgan fingerprint density at radius 1 is 1.21 bits per heavy atom. The predicted octanol–water partition coefficient (Wildman–Crippen LogP) is 3.41. The SMILES string of the molecule is CCNC(=NCC(=O)Nc1cccc(CC)c1)NCC(CCO)CC(C)C.I. The highest BCUT2D eigenvalue weighted by Crippen LogP contribution is 2.14. The molecule has 0 aliphatic rings. The monoisotopic (exact) mass is 504 g/mol. The molecule has 0 aliphatic carbocycles. The van der Waals surface area contributed by atoms with Gasteiger partial charge in [-0.1, -0.05) is 32.9 Å². The Balaban J connectivity index is 0.00000729. The van der Waals surface area contributed by atoms with Crippen molar-refractivity contribution < 1.29 is 9.90 Å². The first-order valence-corrected chi connectivity index (χ1v) is 10.00. The van der Waals surface area contributed by atoms with E-state index in [1.165, 1.54) is 5.56 Å². The van der Waals surface area contributed by atoms with E-state index >= 15 is 0 Å². The Labute approximate surface area is 187 Å². The highest BCUT2D eigenvalue weighted by molar-refractivity contribution is 14.0. The van der Waals surface area contributed by atoms with E-state index in [1.54, 1.807) is 0 Å². The van der Waals surface area contributed by atoms with Gasteiger partial charge in [0.15, 0.2) is 5.96 Å². The number of amides is 1. The number of carbonyl (C=O) groups is 1. The maximum absolute atomic E-state index is 12.2. The third-order valence-electron chi connectivity index (χ3n) is 4.24. The van der Waals surface area contributed by atoms with Gasteiger partial charge in [0, 0.05) is 25.4 Å². The van der Waals surface area contributed by atoms with Crippen LogP contribution >= 0.6 is 24.0 Å². The molecule has 6 nitrogen and oxygen atoms in total. The van der Waals surface area contributed by atoms with Gasteiger partial charge in [-0.2, -0.15) is 0 Å². The molecule has 0 fully saturated rings. The number of guanidine groups is 1. The largest absolute Gasteiger partial charge is 0.396 e. The molecule has 4 N–H and O–H groups in total. The summed E-state index contributed by atoms with van der Waals surface area (Å²) in [6.07, 6.45) is 2.74. The van der Waals surface area contributed by atoms with Crippen LogP contribution in [-0.4, -0.2) is 43.2 Å². The van der Waals surface area contributed by atoms with Gasteiger partial charge in [-0.05, 0) is 55.7 Å². The molecule has 1 amide bonds. The smallest absolute Gasteiger partial charge is 0.246 e. The van der Waals surface area contributed by atoms with Crippen molar-refractivity contribution in [3.63, 3.8) is 0 Å². The zero-order valence-corrected chi connectivity index (χ0v) is 20.0. The van der Waals surface area contributed by atoms with Crippen LogP contribution in [0.4, 0.5) is 5.69 Å². The van der Waals surface area contributed by atoms with Crippen LogP contribution in [0.5, 0.6) is 0 Å². The summed E-state index contributed by atoms with van der Waals surface area (Å²) in [5.74, 6) is 1.44. The molecule has 1 unspecified atom stereocenters. The summed E-state index contributed by atoms with van der Waals surface area (Å²) in [6, 6.07) is 7.85. The molecule has 1 aromatic rings. The number of aryl methyl sites for hydroxylation is 1. The third kappa shape index (κ3) is 11.5. The standard InChI is InChI=1S/C21H36N4O2.HI/c1-5-17-8-7-9-19(13-17)25-20(27)15-24-21(22-6-2)23-14-18(10-11-26)12-16(3)4;/h7-9,13,16,18,26H,5-6,10-12,14-15H2,1-4H3,(H,25,27)(H2,22,23,24);1H. The number of benzene rings is 1. The molecule has 7 heteroatoms. The van der Waals surface area contributed by atoms with E-state index in [1.807, 2.05) is 31.2 Å². The van der Waals surface area contributed by atoms with Crippen LogP contribution in [0.3, 0.4) is 0 Å². The Hall–Kier alpha value is -1.35. The highest BCUT2D eigenvalue weighted by atomic mass is 127. The first kappa shape index (κ1) is 26.6. The van der Waals surface area contributed by atoms with E-state index in [4.69, 9.17) is 0 Å². The van der Waals surface area contributed by atoms with Crippen molar-refractivity contribution in [1.82, 2.24) is 10.6 Å². The molecule has 1 aromatic carbocycles. The first-order valence-electron chi connectivity index (χ1n) is 10.00. The molecule has 1 atom stereocenters. The van der Waals surface area contributed by atoms with Crippen molar-refractivity contribution >= 4 is 41.5 Å². The van der Waals surface area contributed by atoms with Crippen LogP contribution < -0.4 is 16.0 Å². The maximum Gasteiger partial charge on any atom is 0.246 e. The number of nitrogens with one attached hydrogen (secondary N) is 3. The minimum absolute atomic E-state index is 0. The van der Waals surface area contributed by atoms with Gasteiger partial charge < -0.3 is 21.1 Å². The van der Waals surface area contributed by atoms with Crippen LogP contribution in [-0.2, 0) is 11.2 Å². The summed E-state index contributed by atoms with van der Waals surface area (Å²) in [5, 5.41) is 18.6. The molecule has 160 valence electrons. The maximum atomic E-state index is 12.2. The summed E-state index contributed by atoms with van der Waals surface area (Å²) in [5.41, 5.74) is 1.99. The van der Waals surface area contributed by atoms with Gasteiger partial charge in [-0.15, -0.1) is 24.0 Å². The lowest BCUT2D eigenvalue weighted by Crippen LogP contribution is -2.40. The molecule has 0 saturated carbocycles. The third-order valence-corrected chi connectivity index (χ3v) is 4.24. The van der Waals surface area contributed by atoms with E-state index in [0.29, 0.717) is 17.8 Å². The minimum atomic E-state index is -0.144. The zero-order valence-electron chi connectivity index (χ0n) is 17.6. The molecule has 0 heterocycles. The fourth-order valence-electron chi connectivity index (χ4n) is 2.96. The van der Waals surface area contributed by atoms with Gasteiger partial charge in [-0.25, -0.2) is 4.99 Å². The normalized spacial score (nSPS) is 12.3. The van der Waals surface area contributed by atoms with Crippen LogP contribution in [0.1, 0.15) is 46.1 Å². The quantitative estimate of drug-likeness (QED) is 0.212. The van der Waals surface area contributed by atoms with Crippen molar-refractivity contribution in [3.05, 3.63) is 29.8 Å². The van der Waals surface area contributed by atoms with E-state index in [2.05, 4.69) is 41.7 Å². The van der Waals surface area contributed by atoms with Gasteiger partial charge in [0.1, 0.15) is 6.54 Å². The first-order chi connectivity index (χ1) is 13.0. The highest BCUT2D eigenvalue weighted by Gasteiger charge is 2.11. The minimum Gasteiger partial charge on any atom is -0.396 e. The van der Waals surface area contributed by atoms with Gasteiger partial charge in [0.05, 0.1) is 0 Å². The van der Waals surface area contributed by atoms with E-state index in [-0.39, 0.29) is 43.0 Å². The molecule has 28 heavy (non-hydrogen) atoms. The average molecular weight is 504 g/mol. The van der Waals surface area contributed by atoms with Crippen molar-refractivity contribution in [2.75, 3.05) is 31.6 Å². The topological polar surface area (TPSA) is 85.8 Å². The Kier molecular flexibility index (Phi) is 14.8. The van der Waals surface area contributed by atoms with E-state index in [0.717, 1.165) is 38.0 Å². The van der Waals surface area contributed by atoms with Gasteiger partial charge in [0.25, 0.3) is 0 Å². The molecule has 1 rings (SSSR count). The second kappa shape index (κ2) is 15.6. The van der Waals surface area contributed by atoms with Crippen molar-refractivity contribution in [2.24, 2.45) is 16.8 Å². The van der Waals surface area contributed by atoms with Crippen LogP contribution in [0, 0.1) is 11.8 Å². The van der Waals surface area contributed by atoms with Crippen LogP contribution in [0.15, 0.2) is 29.3 Å². The molecule has 0 aromatic heterocycles. The molecular weight excluding hydrogens is 467 g/mol. The lowest BCUT2D eigenvalue weighted by atomic mass is 9.94. The van der Waals surface area contributed by atoms with Gasteiger partial charge >= 0.3 is 0 Å². The molecule has 0 aliphatic heterocycles. The predicted molar refractivity (Wildman–Crippen MR) is 128 cm³/mol. The summed E-state index contributed by atoms with van der Waals surface area (Å²) in [6.45, 7) is 10.1. The molecule has 0 saturated heterocycles. The number of aliphatic imine (C=N–C) groups is 1. The number of nitrogens with zero attached hydrogens (tertiary/aromatic N) is 1. The second-order valence-electron chi connectivity index (χ2n) is 7.19. The Bertz CT molecular complexity index is 594. The summed E-state index contributed by atoms with van der Waals surface area (Å²) >= 11 is 0. The fourth-order valence-corrected chi connectivity index (χ4v) is 2.96. The number of carbonyl (C=O) groups excluding carboxylic acids is 1. The summed E-state index contributed by atoms with van der Waals surface area (Å²) in [7, 11) is 0. The molecule has 0 spiro atoms. The zero-order chi connectivity index (χ0) is 20.1. The fraction of sp³-hybridized carbons (Fsp3) is 0.619.